The normalized spacial score (nSPS) is 12.2. The van der Waals surface area contributed by atoms with E-state index in [4.69, 9.17) is 9.15 Å². The van der Waals surface area contributed by atoms with Crippen molar-refractivity contribution >= 4 is 23.5 Å². The van der Waals surface area contributed by atoms with Crippen molar-refractivity contribution in [3.63, 3.8) is 0 Å². The monoisotopic (exact) mass is 358 g/mol. The lowest BCUT2D eigenvalue weighted by Gasteiger charge is -2.23. The van der Waals surface area contributed by atoms with Crippen LogP contribution in [0.1, 0.15) is 48.6 Å². The maximum absolute atomic E-state index is 12.4. The molecule has 0 aliphatic carbocycles. The molecule has 1 atom stereocenters. The Morgan fingerprint density at radius 1 is 1.08 bits per heavy atom. The predicted octanol–water partition coefficient (Wildman–Crippen LogP) is 2.99. The van der Waals surface area contributed by atoms with Crippen LogP contribution < -0.4 is 10.6 Å². The summed E-state index contributed by atoms with van der Waals surface area (Å²) in [6.07, 6.45) is 0.403. The SMILES string of the molecule is C[C@H](OC(=O)c1ccccc1NC(=O)c1ccco1)C(=O)NC(C)(C)C. The van der Waals surface area contributed by atoms with E-state index in [1.165, 1.54) is 25.3 Å². The summed E-state index contributed by atoms with van der Waals surface area (Å²) in [7, 11) is 0. The third kappa shape index (κ3) is 5.20. The van der Waals surface area contributed by atoms with E-state index in [1.807, 2.05) is 20.8 Å². The largest absolute Gasteiger partial charge is 0.459 e. The molecule has 0 aliphatic rings. The first-order valence-corrected chi connectivity index (χ1v) is 8.14. The quantitative estimate of drug-likeness (QED) is 0.801. The topological polar surface area (TPSA) is 97.6 Å². The van der Waals surface area contributed by atoms with Gasteiger partial charge in [0.1, 0.15) is 0 Å². The molecule has 26 heavy (non-hydrogen) atoms. The fourth-order valence-electron chi connectivity index (χ4n) is 2.11. The maximum Gasteiger partial charge on any atom is 0.341 e. The standard InChI is InChI=1S/C19H22N2O5/c1-12(16(22)21-19(2,3)4)26-18(24)13-8-5-6-9-14(13)20-17(23)15-10-7-11-25-15/h5-12H,1-4H3,(H,20,23)(H,21,22)/t12-/m0/s1. The Labute approximate surface area is 151 Å². The number of hydrogen-bond acceptors (Lipinski definition) is 5. The second-order valence-corrected chi connectivity index (χ2v) is 6.76. The number of furan rings is 1. The molecule has 0 saturated carbocycles. The van der Waals surface area contributed by atoms with Crippen LogP contribution >= 0.6 is 0 Å². The molecule has 0 saturated heterocycles. The summed E-state index contributed by atoms with van der Waals surface area (Å²) >= 11 is 0. The number of benzene rings is 1. The lowest BCUT2D eigenvalue weighted by Crippen LogP contribution is -2.46. The molecular weight excluding hydrogens is 336 g/mol. The fraction of sp³-hybridized carbons (Fsp3) is 0.316. The number of carbonyl (C=O) groups excluding carboxylic acids is 3. The summed E-state index contributed by atoms with van der Waals surface area (Å²) in [6.45, 7) is 6.99. The number of para-hydroxylation sites is 1. The third-order valence-corrected chi connectivity index (χ3v) is 3.29. The number of rotatable bonds is 5. The number of amides is 2. The van der Waals surface area contributed by atoms with Gasteiger partial charge in [0.2, 0.25) is 0 Å². The Morgan fingerprint density at radius 2 is 1.77 bits per heavy atom. The van der Waals surface area contributed by atoms with Crippen LogP contribution in [0.3, 0.4) is 0 Å². The predicted molar refractivity (Wildman–Crippen MR) is 95.9 cm³/mol. The van der Waals surface area contributed by atoms with Crippen molar-refractivity contribution < 1.29 is 23.5 Å². The van der Waals surface area contributed by atoms with E-state index in [2.05, 4.69) is 10.6 Å². The zero-order chi connectivity index (χ0) is 19.3. The van der Waals surface area contributed by atoms with Gasteiger partial charge in [0.25, 0.3) is 11.8 Å². The van der Waals surface area contributed by atoms with Crippen LogP contribution in [-0.2, 0) is 9.53 Å². The summed E-state index contributed by atoms with van der Waals surface area (Å²) in [4.78, 5) is 36.6. The molecule has 1 aromatic carbocycles. The van der Waals surface area contributed by atoms with Crippen molar-refractivity contribution in [2.45, 2.75) is 39.3 Å². The van der Waals surface area contributed by atoms with Gasteiger partial charge in [-0.15, -0.1) is 0 Å². The van der Waals surface area contributed by atoms with Gasteiger partial charge in [0.15, 0.2) is 11.9 Å². The first-order chi connectivity index (χ1) is 12.2. The minimum Gasteiger partial charge on any atom is -0.459 e. The lowest BCUT2D eigenvalue weighted by atomic mass is 10.1. The molecule has 2 aromatic rings. The molecule has 1 aromatic heterocycles. The molecular formula is C19H22N2O5. The van der Waals surface area contributed by atoms with Crippen LogP contribution in [-0.4, -0.2) is 29.4 Å². The lowest BCUT2D eigenvalue weighted by molar-refractivity contribution is -0.130. The van der Waals surface area contributed by atoms with Crippen molar-refractivity contribution in [2.75, 3.05) is 5.32 Å². The Morgan fingerprint density at radius 3 is 2.38 bits per heavy atom. The average molecular weight is 358 g/mol. The minimum absolute atomic E-state index is 0.117. The van der Waals surface area contributed by atoms with Gasteiger partial charge in [-0.3, -0.25) is 9.59 Å². The number of esters is 1. The van der Waals surface area contributed by atoms with Gasteiger partial charge < -0.3 is 19.8 Å². The zero-order valence-electron chi connectivity index (χ0n) is 15.2. The second kappa shape index (κ2) is 7.86. The molecule has 7 heteroatoms. The molecule has 1 heterocycles. The van der Waals surface area contributed by atoms with Gasteiger partial charge in [0.05, 0.1) is 17.5 Å². The number of nitrogens with one attached hydrogen (secondary N) is 2. The summed E-state index contributed by atoms with van der Waals surface area (Å²) < 4.78 is 10.3. The van der Waals surface area contributed by atoms with Crippen LogP contribution in [0, 0.1) is 0 Å². The average Bonchev–Trinajstić information content (AvgIpc) is 3.08. The number of ether oxygens (including phenoxy) is 1. The highest BCUT2D eigenvalue weighted by molar-refractivity contribution is 6.06. The fourth-order valence-corrected chi connectivity index (χ4v) is 2.11. The summed E-state index contributed by atoms with van der Waals surface area (Å²) in [5.41, 5.74) is -0.0303. The van der Waals surface area contributed by atoms with Gasteiger partial charge in [0, 0.05) is 5.54 Å². The van der Waals surface area contributed by atoms with Crippen molar-refractivity contribution in [1.82, 2.24) is 5.32 Å². The van der Waals surface area contributed by atoms with E-state index >= 15 is 0 Å². The molecule has 2 N–H and O–H groups in total. The van der Waals surface area contributed by atoms with Crippen LogP contribution in [0.4, 0.5) is 5.69 Å². The van der Waals surface area contributed by atoms with Crippen LogP contribution in [0.2, 0.25) is 0 Å². The molecule has 2 rings (SSSR count). The molecule has 7 nitrogen and oxygen atoms in total. The molecule has 0 bridgehead atoms. The van der Waals surface area contributed by atoms with Gasteiger partial charge in [-0.25, -0.2) is 4.79 Å². The Balaban J connectivity index is 2.09. The van der Waals surface area contributed by atoms with Gasteiger partial charge >= 0.3 is 5.97 Å². The van der Waals surface area contributed by atoms with Gasteiger partial charge in [-0.05, 0) is 52.0 Å². The number of anilines is 1. The minimum atomic E-state index is -0.976. The van der Waals surface area contributed by atoms with Crippen LogP contribution in [0.25, 0.3) is 0 Å². The summed E-state index contributed by atoms with van der Waals surface area (Å²) in [5.74, 6) is -1.49. The van der Waals surface area contributed by atoms with E-state index < -0.39 is 29.4 Å². The van der Waals surface area contributed by atoms with Crippen molar-refractivity contribution in [3.8, 4) is 0 Å². The van der Waals surface area contributed by atoms with Crippen LogP contribution in [0.5, 0.6) is 0 Å². The van der Waals surface area contributed by atoms with Crippen molar-refractivity contribution in [2.24, 2.45) is 0 Å². The molecule has 0 unspecified atom stereocenters. The molecule has 0 aliphatic heterocycles. The van der Waals surface area contributed by atoms with Crippen LogP contribution in [0.15, 0.2) is 47.1 Å². The summed E-state index contributed by atoms with van der Waals surface area (Å²) in [6, 6.07) is 9.48. The number of hydrogen-bond donors (Lipinski definition) is 2. The molecule has 138 valence electrons. The highest BCUT2D eigenvalue weighted by atomic mass is 16.5. The van der Waals surface area contributed by atoms with E-state index in [9.17, 15) is 14.4 Å². The molecule has 0 radical (unpaired) electrons. The first kappa shape index (κ1) is 19.2. The molecule has 0 spiro atoms. The molecule has 0 fully saturated rings. The third-order valence-electron chi connectivity index (χ3n) is 3.29. The first-order valence-electron chi connectivity index (χ1n) is 8.14. The van der Waals surface area contributed by atoms with E-state index in [1.54, 1.807) is 24.3 Å². The smallest absolute Gasteiger partial charge is 0.341 e. The maximum atomic E-state index is 12.4. The van der Waals surface area contributed by atoms with Crippen molar-refractivity contribution in [3.05, 3.63) is 54.0 Å². The second-order valence-electron chi connectivity index (χ2n) is 6.76. The van der Waals surface area contributed by atoms with Gasteiger partial charge in [-0.2, -0.15) is 0 Å². The van der Waals surface area contributed by atoms with E-state index in [-0.39, 0.29) is 17.0 Å². The Bertz CT molecular complexity index is 791. The zero-order valence-corrected chi connectivity index (χ0v) is 15.2. The highest BCUT2D eigenvalue weighted by Gasteiger charge is 2.24. The Kier molecular flexibility index (Phi) is 5.82. The van der Waals surface area contributed by atoms with Gasteiger partial charge in [-0.1, -0.05) is 12.1 Å². The number of carbonyl (C=O) groups is 3. The molecule has 2 amide bonds. The van der Waals surface area contributed by atoms with E-state index in [0.717, 1.165) is 0 Å². The van der Waals surface area contributed by atoms with E-state index in [0.29, 0.717) is 0 Å². The highest BCUT2D eigenvalue weighted by Crippen LogP contribution is 2.18. The van der Waals surface area contributed by atoms with Crippen molar-refractivity contribution in [1.29, 1.82) is 0 Å². The summed E-state index contributed by atoms with van der Waals surface area (Å²) in [5, 5.41) is 5.34. The Hall–Kier alpha value is -3.09.